The quantitative estimate of drug-likeness (QED) is 0.463. The summed E-state index contributed by atoms with van der Waals surface area (Å²) >= 11 is 1.10. The number of nitrogen functional groups attached to an aromatic ring is 1. The second-order valence-corrected chi connectivity index (χ2v) is 8.75. The molecule has 0 aliphatic carbocycles. The number of rotatable bonds is 7. The van der Waals surface area contributed by atoms with Gasteiger partial charge in [0.15, 0.2) is 5.82 Å². The number of carbonyl (C=O) groups is 2. The number of imide groups is 1. The van der Waals surface area contributed by atoms with Crippen molar-refractivity contribution < 1.29 is 14.3 Å². The third kappa shape index (κ3) is 6.38. The van der Waals surface area contributed by atoms with Crippen LogP contribution in [0.5, 0.6) is 5.75 Å². The van der Waals surface area contributed by atoms with Gasteiger partial charge in [0.2, 0.25) is 11.1 Å². The Labute approximate surface area is 174 Å². The Morgan fingerprint density at radius 1 is 1.24 bits per heavy atom. The molecule has 0 radical (unpaired) electrons. The normalized spacial score (nSPS) is 12.3. The van der Waals surface area contributed by atoms with Crippen LogP contribution in [0.4, 0.5) is 4.79 Å². The first-order valence-electron chi connectivity index (χ1n) is 9.30. The second kappa shape index (κ2) is 9.64. The molecule has 1 unspecified atom stereocenters. The van der Waals surface area contributed by atoms with Gasteiger partial charge in [-0.1, -0.05) is 44.7 Å². The third-order valence-corrected chi connectivity index (χ3v) is 5.11. The van der Waals surface area contributed by atoms with Crippen molar-refractivity contribution in [1.29, 1.82) is 0 Å². The van der Waals surface area contributed by atoms with Crippen molar-refractivity contribution in [3.05, 3.63) is 35.7 Å². The highest BCUT2D eigenvalue weighted by Gasteiger charge is 2.21. The molecule has 2 aromatic rings. The molecular formula is C19H28N6O3S. The van der Waals surface area contributed by atoms with E-state index < -0.39 is 17.2 Å². The third-order valence-electron chi connectivity index (χ3n) is 4.05. The summed E-state index contributed by atoms with van der Waals surface area (Å²) in [5.41, 5.74) is 1.29. The number of nitrogens with two attached hydrogens (primary N) is 1. The number of amides is 3. The van der Waals surface area contributed by atoms with E-state index in [0.717, 1.165) is 11.8 Å². The van der Waals surface area contributed by atoms with Crippen molar-refractivity contribution in [2.45, 2.75) is 57.0 Å². The van der Waals surface area contributed by atoms with Gasteiger partial charge in [-0.25, -0.2) is 9.47 Å². The van der Waals surface area contributed by atoms with Crippen molar-refractivity contribution in [2.75, 3.05) is 12.4 Å². The zero-order valence-electron chi connectivity index (χ0n) is 17.4. The predicted molar refractivity (Wildman–Crippen MR) is 112 cm³/mol. The first-order chi connectivity index (χ1) is 13.6. The Kier molecular flexibility index (Phi) is 7.49. The molecule has 1 aromatic carbocycles. The van der Waals surface area contributed by atoms with Gasteiger partial charge in [0, 0.05) is 6.54 Å². The fraction of sp³-hybridized carbons (Fsp3) is 0.474. The average molecular weight is 421 g/mol. The number of carbonyl (C=O) groups excluding carboxylic acids is 2. The van der Waals surface area contributed by atoms with Gasteiger partial charge in [-0.2, -0.15) is 0 Å². The van der Waals surface area contributed by atoms with Gasteiger partial charge >= 0.3 is 6.03 Å². The Bertz CT molecular complexity index is 845. The zero-order valence-corrected chi connectivity index (χ0v) is 18.2. The molecule has 4 N–H and O–H groups in total. The molecule has 9 nitrogen and oxygen atoms in total. The van der Waals surface area contributed by atoms with Gasteiger partial charge in [0.1, 0.15) is 12.4 Å². The number of benzene rings is 1. The number of hydrogen-bond donors (Lipinski definition) is 3. The van der Waals surface area contributed by atoms with Crippen LogP contribution in [0.1, 0.15) is 46.0 Å². The minimum absolute atomic E-state index is 0.0717. The summed E-state index contributed by atoms with van der Waals surface area (Å²) in [4.78, 5) is 23.5. The molecule has 0 saturated carbocycles. The number of nitrogens with zero attached hydrogens (tertiary/aromatic N) is 3. The maximum Gasteiger partial charge on any atom is 0.321 e. The van der Waals surface area contributed by atoms with E-state index in [1.165, 1.54) is 10.2 Å². The lowest BCUT2D eigenvalue weighted by Gasteiger charge is -2.19. The van der Waals surface area contributed by atoms with Crippen molar-refractivity contribution >= 4 is 23.7 Å². The van der Waals surface area contributed by atoms with E-state index >= 15 is 0 Å². The van der Waals surface area contributed by atoms with Gasteiger partial charge in [-0.15, -0.1) is 10.2 Å². The molecule has 0 fully saturated rings. The van der Waals surface area contributed by atoms with E-state index in [1.807, 2.05) is 24.3 Å². The van der Waals surface area contributed by atoms with E-state index in [2.05, 4.69) is 41.6 Å². The van der Waals surface area contributed by atoms with Crippen LogP contribution in [-0.4, -0.2) is 38.6 Å². The molecule has 10 heteroatoms. The Balaban J connectivity index is 1.93. The molecular weight excluding hydrogens is 392 g/mol. The maximum atomic E-state index is 12.0. The summed E-state index contributed by atoms with van der Waals surface area (Å²) < 4.78 is 7.02. The summed E-state index contributed by atoms with van der Waals surface area (Å²) in [5, 5.41) is 12.6. The highest BCUT2D eigenvalue weighted by Crippen LogP contribution is 2.25. The summed E-state index contributed by atoms with van der Waals surface area (Å²) in [6.07, 6.45) is 0. The van der Waals surface area contributed by atoms with Gasteiger partial charge in [0.25, 0.3) is 0 Å². The summed E-state index contributed by atoms with van der Waals surface area (Å²) in [7, 11) is 0. The van der Waals surface area contributed by atoms with Crippen molar-refractivity contribution in [1.82, 2.24) is 25.5 Å². The monoisotopic (exact) mass is 420 g/mol. The number of hydrogen-bond acceptors (Lipinski definition) is 7. The largest absolute Gasteiger partial charge is 0.486 e. The lowest BCUT2D eigenvalue weighted by atomic mass is 9.87. The van der Waals surface area contributed by atoms with Gasteiger partial charge in [0.05, 0.1) is 5.25 Å². The summed E-state index contributed by atoms with van der Waals surface area (Å²) in [5.74, 6) is 6.70. The summed E-state index contributed by atoms with van der Waals surface area (Å²) in [6.45, 7) is 10.4. The fourth-order valence-electron chi connectivity index (χ4n) is 2.31. The molecule has 0 aliphatic rings. The SMILES string of the molecule is CCNC(=O)NC(=O)C(C)Sc1nnc(COc2ccc(C(C)(C)C)cc2)n1N. The van der Waals surface area contributed by atoms with Crippen LogP contribution in [-0.2, 0) is 16.8 Å². The van der Waals surface area contributed by atoms with Gasteiger partial charge < -0.3 is 15.9 Å². The molecule has 0 spiro atoms. The van der Waals surface area contributed by atoms with Crippen LogP contribution in [0.3, 0.4) is 0 Å². The lowest BCUT2D eigenvalue weighted by molar-refractivity contribution is -0.119. The molecule has 3 amide bonds. The van der Waals surface area contributed by atoms with E-state index in [9.17, 15) is 9.59 Å². The minimum atomic E-state index is -0.581. The molecule has 1 aromatic heterocycles. The van der Waals surface area contributed by atoms with Crippen molar-refractivity contribution in [3.63, 3.8) is 0 Å². The number of aromatic nitrogens is 3. The van der Waals surface area contributed by atoms with Crippen LogP contribution >= 0.6 is 11.8 Å². The van der Waals surface area contributed by atoms with E-state index in [1.54, 1.807) is 13.8 Å². The molecule has 0 aliphatic heterocycles. The number of nitrogens with one attached hydrogen (secondary N) is 2. The van der Waals surface area contributed by atoms with Crippen LogP contribution in [0.2, 0.25) is 0 Å². The Hall–Kier alpha value is -2.75. The maximum absolute atomic E-state index is 12.0. The minimum Gasteiger partial charge on any atom is -0.486 e. The molecule has 29 heavy (non-hydrogen) atoms. The Morgan fingerprint density at radius 3 is 2.48 bits per heavy atom. The first kappa shape index (κ1) is 22.5. The first-order valence-corrected chi connectivity index (χ1v) is 10.2. The zero-order chi connectivity index (χ0) is 21.6. The highest BCUT2D eigenvalue weighted by molar-refractivity contribution is 8.00. The molecule has 158 valence electrons. The van der Waals surface area contributed by atoms with Crippen LogP contribution in [0.15, 0.2) is 29.4 Å². The predicted octanol–water partition coefficient (Wildman–Crippen LogP) is 2.19. The molecule has 2 rings (SSSR count). The number of urea groups is 1. The second-order valence-electron chi connectivity index (χ2n) is 7.44. The highest BCUT2D eigenvalue weighted by atomic mass is 32.2. The smallest absolute Gasteiger partial charge is 0.321 e. The lowest BCUT2D eigenvalue weighted by Crippen LogP contribution is -2.42. The van der Waals surface area contributed by atoms with E-state index in [0.29, 0.717) is 23.3 Å². The standard InChI is InChI=1S/C19H28N6O3S/c1-6-21-17(27)22-16(26)12(2)29-18-24-23-15(25(18)20)11-28-14-9-7-13(8-10-14)19(3,4)5/h7-10,12H,6,11,20H2,1-5H3,(H2,21,22,26,27). The number of thioether (sulfide) groups is 1. The summed E-state index contributed by atoms with van der Waals surface area (Å²) in [6, 6.07) is 7.32. The topological polar surface area (TPSA) is 124 Å². The van der Waals surface area contributed by atoms with Crippen molar-refractivity contribution in [3.8, 4) is 5.75 Å². The van der Waals surface area contributed by atoms with E-state index in [4.69, 9.17) is 10.6 Å². The van der Waals surface area contributed by atoms with Crippen LogP contribution in [0.25, 0.3) is 0 Å². The molecule has 0 saturated heterocycles. The van der Waals surface area contributed by atoms with Gasteiger partial charge in [-0.3, -0.25) is 10.1 Å². The fourth-order valence-corrected chi connectivity index (χ4v) is 3.10. The van der Waals surface area contributed by atoms with Crippen LogP contribution < -0.4 is 21.2 Å². The number of ether oxygens (including phenoxy) is 1. The van der Waals surface area contributed by atoms with Crippen molar-refractivity contribution in [2.24, 2.45) is 0 Å². The Morgan fingerprint density at radius 2 is 1.90 bits per heavy atom. The van der Waals surface area contributed by atoms with E-state index in [-0.39, 0.29) is 12.0 Å². The molecule has 1 atom stereocenters. The molecule has 1 heterocycles. The average Bonchev–Trinajstić information content (AvgIpc) is 2.99. The van der Waals surface area contributed by atoms with Gasteiger partial charge in [-0.05, 0) is 37.0 Å². The van der Waals surface area contributed by atoms with Crippen LogP contribution in [0, 0.1) is 0 Å². The molecule has 0 bridgehead atoms.